The van der Waals surface area contributed by atoms with Crippen LogP contribution in [0.3, 0.4) is 0 Å². The Labute approximate surface area is 118 Å². The lowest BCUT2D eigenvalue weighted by Crippen LogP contribution is -2.19. The minimum Gasteiger partial charge on any atom is -0.443 e. The molecule has 0 atom stereocenters. The maximum atomic E-state index is 5.52. The highest BCUT2D eigenvalue weighted by atomic mass is 32.2. The Balaban J connectivity index is 2.09. The summed E-state index contributed by atoms with van der Waals surface area (Å²) >= 11 is 1.74. The standard InChI is InChI=1S/C15H20N2OS/c1-11(2)8-16-9-14-15(18-10-17-14)12-4-6-13(19-3)7-5-12/h4-7,10-11,16H,8-9H2,1-3H3. The first kappa shape index (κ1) is 14.2. The maximum absolute atomic E-state index is 5.52. The molecule has 19 heavy (non-hydrogen) atoms. The van der Waals surface area contributed by atoms with E-state index in [9.17, 15) is 0 Å². The van der Waals surface area contributed by atoms with Crippen LogP contribution >= 0.6 is 11.8 Å². The molecule has 0 amide bonds. The Kier molecular flexibility index (Phi) is 5.05. The Morgan fingerprint density at radius 2 is 2.00 bits per heavy atom. The van der Waals surface area contributed by atoms with Gasteiger partial charge in [0.2, 0.25) is 0 Å². The van der Waals surface area contributed by atoms with Gasteiger partial charge in [-0.2, -0.15) is 0 Å². The van der Waals surface area contributed by atoms with Gasteiger partial charge in [0, 0.05) is 17.0 Å². The number of oxazole rings is 1. The molecule has 0 radical (unpaired) electrons. The predicted octanol–water partition coefficient (Wildman–Crippen LogP) is 3.81. The van der Waals surface area contributed by atoms with Crippen LogP contribution in [0.15, 0.2) is 40.0 Å². The number of thioether (sulfide) groups is 1. The van der Waals surface area contributed by atoms with E-state index in [1.807, 2.05) is 0 Å². The zero-order valence-electron chi connectivity index (χ0n) is 11.6. The van der Waals surface area contributed by atoms with Gasteiger partial charge in [-0.1, -0.05) is 26.0 Å². The fourth-order valence-electron chi connectivity index (χ4n) is 1.85. The molecule has 0 aliphatic carbocycles. The van der Waals surface area contributed by atoms with Gasteiger partial charge in [-0.3, -0.25) is 0 Å². The summed E-state index contributed by atoms with van der Waals surface area (Å²) < 4.78 is 5.52. The molecular weight excluding hydrogens is 256 g/mol. The van der Waals surface area contributed by atoms with Crippen LogP contribution in [0.1, 0.15) is 19.5 Å². The third-order valence-electron chi connectivity index (χ3n) is 2.84. The van der Waals surface area contributed by atoms with E-state index < -0.39 is 0 Å². The molecule has 0 fully saturated rings. The summed E-state index contributed by atoms with van der Waals surface area (Å²) in [7, 11) is 0. The smallest absolute Gasteiger partial charge is 0.181 e. The Bertz CT molecular complexity index is 505. The third kappa shape index (κ3) is 3.85. The van der Waals surface area contributed by atoms with E-state index in [2.05, 4.69) is 54.7 Å². The van der Waals surface area contributed by atoms with Crippen LogP contribution in [-0.4, -0.2) is 17.8 Å². The van der Waals surface area contributed by atoms with Gasteiger partial charge in [-0.05, 0) is 30.9 Å². The normalized spacial score (nSPS) is 11.2. The lowest BCUT2D eigenvalue weighted by molar-refractivity contribution is 0.545. The van der Waals surface area contributed by atoms with Crippen molar-refractivity contribution in [3.63, 3.8) is 0 Å². The van der Waals surface area contributed by atoms with Gasteiger partial charge in [0.1, 0.15) is 5.69 Å². The average Bonchev–Trinajstić information content (AvgIpc) is 2.87. The van der Waals surface area contributed by atoms with E-state index in [1.54, 1.807) is 11.8 Å². The first-order valence-electron chi connectivity index (χ1n) is 6.48. The number of benzene rings is 1. The van der Waals surface area contributed by atoms with Crippen molar-refractivity contribution in [2.24, 2.45) is 5.92 Å². The fourth-order valence-corrected chi connectivity index (χ4v) is 2.26. The summed E-state index contributed by atoms with van der Waals surface area (Å²) in [6.45, 7) is 6.11. The second-order valence-electron chi connectivity index (χ2n) is 4.88. The summed E-state index contributed by atoms with van der Waals surface area (Å²) in [5, 5.41) is 3.39. The molecule has 0 aliphatic heterocycles. The van der Waals surface area contributed by atoms with Gasteiger partial charge in [0.15, 0.2) is 12.2 Å². The molecule has 0 saturated carbocycles. The lowest BCUT2D eigenvalue weighted by atomic mass is 10.1. The van der Waals surface area contributed by atoms with Crippen LogP contribution in [0.25, 0.3) is 11.3 Å². The molecule has 0 saturated heterocycles. The van der Waals surface area contributed by atoms with Crippen LogP contribution in [0.2, 0.25) is 0 Å². The number of nitrogens with one attached hydrogen (secondary N) is 1. The largest absolute Gasteiger partial charge is 0.443 e. The van der Waals surface area contributed by atoms with E-state index in [0.717, 1.165) is 30.1 Å². The zero-order valence-corrected chi connectivity index (χ0v) is 12.5. The van der Waals surface area contributed by atoms with Crippen molar-refractivity contribution in [1.82, 2.24) is 10.3 Å². The molecule has 1 N–H and O–H groups in total. The van der Waals surface area contributed by atoms with Crippen molar-refractivity contribution in [2.75, 3.05) is 12.8 Å². The second kappa shape index (κ2) is 6.78. The number of hydrogen-bond acceptors (Lipinski definition) is 4. The summed E-state index contributed by atoms with van der Waals surface area (Å²) in [6, 6.07) is 8.37. The van der Waals surface area contributed by atoms with Crippen molar-refractivity contribution in [3.8, 4) is 11.3 Å². The first-order valence-corrected chi connectivity index (χ1v) is 7.70. The van der Waals surface area contributed by atoms with Crippen molar-refractivity contribution >= 4 is 11.8 Å². The molecule has 0 aliphatic rings. The molecule has 1 aromatic carbocycles. The van der Waals surface area contributed by atoms with Crippen LogP contribution in [-0.2, 0) is 6.54 Å². The Morgan fingerprint density at radius 3 is 2.63 bits per heavy atom. The van der Waals surface area contributed by atoms with E-state index in [4.69, 9.17) is 4.42 Å². The predicted molar refractivity (Wildman–Crippen MR) is 80.3 cm³/mol. The van der Waals surface area contributed by atoms with Crippen molar-refractivity contribution in [3.05, 3.63) is 36.4 Å². The zero-order chi connectivity index (χ0) is 13.7. The quantitative estimate of drug-likeness (QED) is 0.814. The van der Waals surface area contributed by atoms with Crippen LogP contribution in [0.5, 0.6) is 0 Å². The molecular formula is C15H20N2OS. The van der Waals surface area contributed by atoms with Gasteiger partial charge in [0.05, 0.1) is 0 Å². The van der Waals surface area contributed by atoms with Gasteiger partial charge >= 0.3 is 0 Å². The minimum atomic E-state index is 0.635. The van der Waals surface area contributed by atoms with Gasteiger partial charge in [-0.15, -0.1) is 11.8 Å². The second-order valence-corrected chi connectivity index (χ2v) is 5.76. The molecule has 1 heterocycles. The summed E-state index contributed by atoms with van der Waals surface area (Å²) in [5.74, 6) is 1.50. The summed E-state index contributed by atoms with van der Waals surface area (Å²) in [4.78, 5) is 5.55. The summed E-state index contributed by atoms with van der Waals surface area (Å²) in [5.41, 5.74) is 2.05. The molecule has 2 aromatic rings. The molecule has 0 unspecified atom stereocenters. The van der Waals surface area contributed by atoms with Gasteiger partial charge in [0.25, 0.3) is 0 Å². The Hall–Kier alpha value is -1.26. The summed E-state index contributed by atoms with van der Waals surface area (Å²) in [6.07, 6.45) is 3.59. The average molecular weight is 276 g/mol. The SMILES string of the molecule is CSc1ccc(-c2ocnc2CNCC(C)C)cc1. The molecule has 0 bridgehead atoms. The Morgan fingerprint density at radius 1 is 1.26 bits per heavy atom. The van der Waals surface area contributed by atoms with E-state index >= 15 is 0 Å². The van der Waals surface area contributed by atoms with Gasteiger partial charge < -0.3 is 9.73 Å². The third-order valence-corrected chi connectivity index (χ3v) is 3.58. The highest BCUT2D eigenvalue weighted by Gasteiger charge is 2.10. The highest BCUT2D eigenvalue weighted by molar-refractivity contribution is 7.98. The van der Waals surface area contributed by atoms with E-state index in [1.165, 1.54) is 11.3 Å². The molecule has 4 heteroatoms. The maximum Gasteiger partial charge on any atom is 0.181 e. The van der Waals surface area contributed by atoms with Crippen molar-refractivity contribution < 1.29 is 4.42 Å². The number of aromatic nitrogens is 1. The van der Waals surface area contributed by atoms with E-state index in [-0.39, 0.29) is 0 Å². The van der Waals surface area contributed by atoms with Crippen LogP contribution in [0, 0.1) is 5.92 Å². The number of rotatable bonds is 6. The van der Waals surface area contributed by atoms with Gasteiger partial charge in [-0.25, -0.2) is 4.98 Å². The highest BCUT2D eigenvalue weighted by Crippen LogP contribution is 2.25. The minimum absolute atomic E-state index is 0.635. The van der Waals surface area contributed by atoms with Crippen molar-refractivity contribution in [1.29, 1.82) is 0 Å². The lowest BCUT2D eigenvalue weighted by Gasteiger charge is -2.07. The molecule has 102 valence electrons. The topological polar surface area (TPSA) is 38.1 Å². The number of hydrogen-bond donors (Lipinski definition) is 1. The molecule has 2 rings (SSSR count). The molecule has 1 aromatic heterocycles. The monoisotopic (exact) mass is 276 g/mol. The van der Waals surface area contributed by atoms with Crippen LogP contribution < -0.4 is 5.32 Å². The van der Waals surface area contributed by atoms with Crippen LogP contribution in [0.4, 0.5) is 0 Å². The van der Waals surface area contributed by atoms with E-state index in [0.29, 0.717) is 5.92 Å². The first-order chi connectivity index (χ1) is 9.20. The van der Waals surface area contributed by atoms with Crippen molar-refractivity contribution in [2.45, 2.75) is 25.3 Å². The molecule has 0 spiro atoms. The molecule has 3 nitrogen and oxygen atoms in total. The number of nitrogens with zero attached hydrogens (tertiary/aromatic N) is 1. The fraction of sp³-hybridized carbons (Fsp3) is 0.400.